The van der Waals surface area contributed by atoms with Gasteiger partial charge in [-0.25, -0.2) is 18.0 Å². The molecule has 1 heterocycles. The first kappa shape index (κ1) is 22.1. The van der Waals surface area contributed by atoms with Crippen molar-refractivity contribution in [2.24, 2.45) is 10.2 Å². The molecular formula is C20H14F3N3O4S. The number of hydrogen-bond acceptors (Lipinski definition) is 7. The zero-order valence-electron chi connectivity index (χ0n) is 15.9. The summed E-state index contributed by atoms with van der Waals surface area (Å²) in [6.45, 7) is 0.0161. The molecular weight excluding hydrogens is 435 g/mol. The van der Waals surface area contributed by atoms with Gasteiger partial charge in [0, 0.05) is 18.2 Å². The number of amidine groups is 1. The lowest BCUT2D eigenvalue weighted by molar-refractivity contribution is -0.135. The Bertz CT molecular complexity index is 1080. The number of nitrogens with one attached hydrogen (secondary N) is 1. The van der Waals surface area contributed by atoms with Gasteiger partial charge in [-0.2, -0.15) is 5.10 Å². The number of benzene rings is 2. The van der Waals surface area contributed by atoms with Crippen LogP contribution in [0.1, 0.15) is 11.1 Å². The Morgan fingerprint density at radius 1 is 1.16 bits per heavy atom. The van der Waals surface area contributed by atoms with Crippen molar-refractivity contribution >= 4 is 35.0 Å². The van der Waals surface area contributed by atoms with Crippen molar-refractivity contribution in [2.45, 2.75) is 6.61 Å². The summed E-state index contributed by atoms with van der Waals surface area (Å²) in [4.78, 5) is 23.1. The Balaban J connectivity index is 1.56. The molecule has 1 aliphatic rings. The van der Waals surface area contributed by atoms with Crippen LogP contribution in [0, 0.1) is 17.5 Å². The highest BCUT2D eigenvalue weighted by molar-refractivity contribution is 8.18. The van der Waals surface area contributed by atoms with E-state index in [4.69, 9.17) is 4.74 Å². The molecule has 31 heavy (non-hydrogen) atoms. The van der Waals surface area contributed by atoms with Crippen LogP contribution in [0.3, 0.4) is 0 Å². The van der Waals surface area contributed by atoms with Crippen molar-refractivity contribution in [1.82, 2.24) is 5.32 Å². The van der Waals surface area contributed by atoms with Crippen molar-refractivity contribution < 1.29 is 32.2 Å². The average Bonchev–Trinajstić information content (AvgIpc) is 3.10. The second-order valence-corrected chi connectivity index (χ2v) is 7.00. The molecule has 3 rings (SSSR count). The zero-order chi connectivity index (χ0) is 22.4. The molecule has 7 nitrogen and oxygen atoms in total. The number of carbonyl (C=O) groups is 2. The fraction of sp³-hybridized carbons (Fsp3) is 0.100. The highest BCUT2D eigenvalue weighted by atomic mass is 32.2. The van der Waals surface area contributed by atoms with E-state index in [1.165, 1.54) is 13.3 Å². The van der Waals surface area contributed by atoms with Crippen molar-refractivity contribution in [3.8, 4) is 5.75 Å². The lowest BCUT2D eigenvalue weighted by Crippen LogP contribution is -2.19. The SMILES string of the molecule is COC(=O)/C=C1/S/C(=N\N=Cc2ccc(COc3cc(F)c(F)c(F)c3)cc2)NC1=O. The molecule has 0 saturated carbocycles. The molecule has 2 aromatic carbocycles. The van der Waals surface area contributed by atoms with Gasteiger partial charge in [0.05, 0.1) is 18.2 Å². The molecule has 1 fully saturated rings. The average molecular weight is 449 g/mol. The Hall–Kier alpha value is -3.60. The molecule has 0 radical (unpaired) electrons. The van der Waals surface area contributed by atoms with Gasteiger partial charge >= 0.3 is 5.97 Å². The van der Waals surface area contributed by atoms with Crippen LogP contribution in [0.25, 0.3) is 0 Å². The van der Waals surface area contributed by atoms with Gasteiger partial charge in [0.1, 0.15) is 12.4 Å². The topological polar surface area (TPSA) is 89.3 Å². The summed E-state index contributed by atoms with van der Waals surface area (Å²) in [6.07, 6.45) is 2.50. The van der Waals surface area contributed by atoms with Crippen LogP contribution in [0.5, 0.6) is 5.75 Å². The Kier molecular flexibility index (Phi) is 7.08. The van der Waals surface area contributed by atoms with E-state index < -0.39 is 29.3 Å². The second-order valence-electron chi connectivity index (χ2n) is 5.97. The molecule has 1 saturated heterocycles. The Labute approximate surface area is 178 Å². The van der Waals surface area contributed by atoms with Crippen molar-refractivity contribution in [3.05, 3.63) is 76.0 Å². The number of ether oxygens (including phenoxy) is 2. The molecule has 0 aromatic heterocycles. The summed E-state index contributed by atoms with van der Waals surface area (Å²) in [7, 11) is 1.20. The van der Waals surface area contributed by atoms with E-state index in [1.54, 1.807) is 24.3 Å². The number of esters is 1. The van der Waals surface area contributed by atoms with Crippen molar-refractivity contribution in [3.63, 3.8) is 0 Å². The minimum Gasteiger partial charge on any atom is -0.489 e. The lowest BCUT2D eigenvalue weighted by atomic mass is 10.1. The predicted octanol–water partition coefficient (Wildman–Crippen LogP) is 3.29. The van der Waals surface area contributed by atoms with E-state index in [9.17, 15) is 22.8 Å². The van der Waals surface area contributed by atoms with Gasteiger partial charge in [0.15, 0.2) is 22.6 Å². The van der Waals surface area contributed by atoms with E-state index in [0.717, 1.165) is 30.0 Å². The highest BCUT2D eigenvalue weighted by Gasteiger charge is 2.25. The summed E-state index contributed by atoms with van der Waals surface area (Å²) < 4.78 is 49.1. The lowest BCUT2D eigenvalue weighted by Gasteiger charge is -2.07. The van der Waals surface area contributed by atoms with E-state index in [2.05, 4.69) is 20.3 Å². The van der Waals surface area contributed by atoms with Crippen LogP contribution >= 0.6 is 11.8 Å². The minimum atomic E-state index is -1.55. The van der Waals surface area contributed by atoms with Crippen LogP contribution in [0.2, 0.25) is 0 Å². The van der Waals surface area contributed by atoms with Gasteiger partial charge in [-0.1, -0.05) is 24.3 Å². The third-order valence-electron chi connectivity index (χ3n) is 3.80. The molecule has 1 amide bonds. The van der Waals surface area contributed by atoms with Gasteiger partial charge in [-0.05, 0) is 22.9 Å². The van der Waals surface area contributed by atoms with Gasteiger partial charge in [-0.3, -0.25) is 10.1 Å². The van der Waals surface area contributed by atoms with E-state index in [1.807, 2.05) is 0 Å². The fourth-order valence-corrected chi connectivity index (χ4v) is 3.01. The molecule has 2 aromatic rings. The normalized spacial score (nSPS) is 16.2. The van der Waals surface area contributed by atoms with Crippen LogP contribution in [-0.4, -0.2) is 30.4 Å². The summed E-state index contributed by atoms with van der Waals surface area (Å²) in [5.41, 5.74) is 1.39. The standard InChI is InChI=1S/C20H14F3N3O4S/c1-29-17(27)8-16-19(28)25-20(31-16)26-24-9-11-2-4-12(5-3-11)10-30-13-6-14(21)18(23)15(22)7-13/h2-9H,10H2,1H3,(H,25,26,28)/b16-8+,24-9?. The van der Waals surface area contributed by atoms with E-state index in [0.29, 0.717) is 11.1 Å². The Morgan fingerprint density at radius 3 is 2.48 bits per heavy atom. The molecule has 0 atom stereocenters. The van der Waals surface area contributed by atoms with Crippen molar-refractivity contribution in [1.29, 1.82) is 0 Å². The maximum absolute atomic E-state index is 13.2. The second kappa shape index (κ2) is 9.94. The third-order valence-corrected chi connectivity index (χ3v) is 4.70. The van der Waals surface area contributed by atoms with Gasteiger partial charge in [-0.15, -0.1) is 5.10 Å². The first-order valence-electron chi connectivity index (χ1n) is 8.62. The maximum atomic E-state index is 13.2. The van der Waals surface area contributed by atoms with Crippen LogP contribution in [0.15, 0.2) is 57.6 Å². The smallest absolute Gasteiger partial charge is 0.331 e. The molecule has 160 valence electrons. The number of methoxy groups -OCH3 is 1. The monoisotopic (exact) mass is 449 g/mol. The minimum absolute atomic E-state index is 0.0161. The number of carbonyl (C=O) groups excluding carboxylic acids is 2. The molecule has 0 spiro atoms. The number of nitrogens with zero attached hydrogens (tertiary/aromatic N) is 2. The van der Waals surface area contributed by atoms with Crippen LogP contribution in [0.4, 0.5) is 13.2 Å². The summed E-state index contributed by atoms with van der Waals surface area (Å²) >= 11 is 0.950. The zero-order valence-corrected chi connectivity index (χ0v) is 16.7. The van der Waals surface area contributed by atoms with Gasteiger partial charge in [0.2, 0.25) is 0 Å². The third kappa shape index (κ3) is 5.95. The van der Waals surface area contributed by atoms with Crippen LogP contribution < -0.4 is 10.1 Å². The van der Waals surface area contributed by atoms with Gasteiger partial charge in [0.25, 0.3) is 5.91 Å². The van der Waals surface area contributed by atoms with E-state index in [-0.39, 0.29) is 22.4 Å². The first-order valence-corrected chi connectivity index (χ1v) is 9.43. The predicted molar refractivity (Wildman–Crippen MR) is 108 cm³/mol. The van der Waals surface area contributed by atoms with Gasteiger partial charge < -0.3 is 9.47 Å². The number of amides is 1. The molecule has 0 unspecified atom stereocenters. The molecule has 11 heteroatoms. The molecule has 0 bridgehead atoms. The largest absolute Gasteiger partial charge is 0.489 e. The molecule has 1 N–H and O–H groups in total. The summed E-state index contributed by atoms with van der Waals surface area (Å²) in [5.74, 6) is -5.46. The first-order chi connectivity index (χ1) is 14.9. The van der Waals surface area contributed by atoms with Crippen LogP contribution in [-0.2, 0) is 20.9 Å². The number of rotatable bonds is 6. The Morgan fingerprint density at radius 2 is 1.84 bits per heavy atom. The fourth-order valence-electron chi connectivity index (χ4n) is 2.27. The summed E-state index contributed by atoms with van der Waals surface area (Å²) in [6, 6.07) is 8.35. The number of halogens is 3. The quantitative estimate of drug-likeness (QED) is 0.240. The molecule has 1 aliphatic heterocycles. The van der Waals surface area contributed by atoms with E-state index >= 15 is 0 Å². The van der Waals surface area contributed by atoms with Crippen molar-refractivity contribution in [2.75, 3.05) is 7.11 Å². The molecule has 0 aliphatic carbocycles. The highest BCUT2D eigenvalue weighted by Crippen LogP contribution is 2.23. The maximum Gasteiger partial charge on any atom is 0.331 e. The number of hydrogen-bond donors (Lipinski definition) is 1. The summed E-state index contributed by atoms with van der Waals surface area (Å²) in [5, 5.41) is 10.4. The number of thioether (sulfide) groups is 1.